The van der Waals surface area contributed by atoms with Gasteiger partial charge in [-0.15, -0.1) is 0 Å². The highest BCUT2D eigenvalue weighted by Gasteiger charge is 2.07. The van der Waals surface area contributed by atoms with Crippen LogP contribution in [-0.4, -0.2) is 18.7 Å². The van der Waals surface area contributed by atoms with Gasteiger partial charge in [-0.05, 0) is 44.5 Å². The van der Waals surface area contributed by atoms with Crippen LogP contribution in [0.1, 0.15) is 31.9 Å². The standard InChI is InChI=1S/C21H24O4/c1-4-23-21(22)13-11-18-10-12-19(25-16(2)3)14-20(18)24-15-17-8-6-5-7-9-17/h5-14,16H,4,15H2,1-3H3. The Morgan fingerprint density at radius 1 is 1.12 bits per heavy atom. The first-order chi connectivity index (χ1) is 12.1. The number of hydrogen-bond donors (Lipinski definition) is 0. The molecular weight excluding hydrogens is 316 g/mol. The number of carbonyl (C=O) groups is 1. The molecular formula is C21H24O4. The molecule has 0 aliphatic carbocycles. The van der Waals surface area contributed by atoms with Crippen LogP contribution in [0.4, 0.5) is 0 Å². The molecule has 2 rings (SSSR count). The summed E-state index contributed by atoms with van der Waals surface area (Å²) in [6.45, 7) is 6.50. The molecule has 25 heavy (non-hydrogen) atoms. The lowest BCUT2D eigenvalue weighted by atomic mass is 10.1. The van der Waals surface area contributed by atoms with Gasteiger partial charge in [0.1, 0.15) is 18.1 Å². The van der Waals surface area contributed by atoms with Crippen molar-refractivity contribution in [2.75, 3.05) is 6.61 Å². The van der Waals surface area contributed by atoms with Gasteiger partial charge in [0.2, 0.25) is 0 Å². The Kier molecular flexibility index (Phi) is 7.08. The van der Waals surface area contributed by atoms with Gasteiger partial charge in [0.25, 0.3) is 0 Å². The Morgan fingerprint density at radius 2 is 1.88 bits per heavy atom. The number of esters is 1. The molecule has 132 valence electrons. The third-order valence-corrected chi connectivity index (χ3v) is 3.28. The van der Waals surface area contributed by atoms with Gasteiger partial charge < -0.3 is 14.2 Å². The maximum atomic E-state index is 11.5. The fraction of sp³-hybridized carbons (Fsp3) is 0.286. The molecule has 0 radical (unpaired) electrons. The Morgan fingerprint density at radius 3 is 2.56 bits per heavy atom. The zero-order chi connectivity index (χ0) is 18.1. The van der Waals surface area contributed by atoms with E-state index >= 15 is 0 Å². The molecule has 0 aromatic heterocycles. The third kappa shape index (κ3) is 6.34. The summed E-state index contributed by atoms with van der Waals surface area (Å²) in [5.41, 5.74) is 1.86. The molecule has 0 heterocycles. The van der Waals surface area contributed by atoms with E-state index in [1.54, 1.807) is 13.0 Å². The zero-order valence-electron chi connectivity index (χ0n) is 14.9. The van der Waals surface area contributed by atoms with Crippen LogP contribution in [0.25, 0.3) is 6.08 Å². The van der Waals surface area contributed by atoms with Crippen LogP contribution in [-0.2, 0) is 16.1 Å². The molecule has 0 saturated heterocycles. The summed E-state index contributed by atoms with van der Waals surface area (Å²) in [6, 6.07) is 15.5. The number of rotatable bonds is 8. The third-order valence-electron chi connectivity index (χ3n) is 3.28. The summed E-state index contributed by atoms with van der Waals surface area (Å²) >= 11 is 0. The second kappa shape index (κ2) is 9.52. The Hall–Kier alpha value is -2.75. The first kappa shape index (κ1) is 18.6. The molecule has 0 atom stereocenters. The van der Waals surface area contributed by atoms with Gasteiger partial charge in [-0.25, -0.2) is 4.79 Å². The smallest absolute Gasteiger partial charge is 0.330 e. The highest BCUT2D eigenvalue weighted by molar-refractivity contribution is 5.87. The van der Waals surface area contributed by atoms with Crippen LogP contribution in [0.3, 0.4) is 0 Å². The zero-order valence-corrected chi connectivity index (χ0v) is 14.9. The Labute approximate surface area is 149 Å². The number of benzene rings is 2. The normalized spacial score (nSPS) is 10.9. The summed E-state index contributed by atoms with van der Waals surface area (Å²) in [5.74, 6) is 1.01. The number of carbonyl (C=O) groups excluding carboxylic acids is 1. The van der Waals surface area contributed by atoms with Gasteiger partial charge in [-0.2, -0.15) is 0 Å². The van der Waals surface area contributed by atoms with Crippen LogP contribution >= 0.6 is 0 Å². The Bertz CT molecular complexity index is 705. The van der Waals surface area contributed by atoms with Crippen molar-refractivity contribution in [2.24, 2.45) is 0 Å². The highest BCUT2D eigenvalue weighted by Crippen LogP contribution is 2.27. The average molecular weight is 340 g/mol. The summed E-state index contributed by atoms with van der Waals surface area (Å²) in [7, 11) is 0. The first-order valence-corrected chi connectivity index (χ1v) is 8.40. The van der Waals surface area contributed by atoms with E-state index in [1.165, 1.54) is 6.08 Å². The molecule has 0 aliphatic heterocycles. The minimum absolute atomic E-state index is 0.0721. The minimum Gasteiger partial charge on any atom is -0.491 e. The van der Waals surface area contributed by atoms with Crippen molar-refractivity contribution in [1.82, 2.24) is 0 Å². The largest absolute Gasteiger partial charge is 0.491 e. The quantitative estimate of drug-likeness (QED) is 0.519. The monoisotopic (exact) mass is 340 g/mol. The van der Waals surface area contributed by atoms with Crippen LogP contribution in [0, 0.1) is 0 Å². The molecule has 4 heteroatoms. The van der Waals surface area contributed by atoms with Gasteiger partial charge in [0.15, 0.2) is 0 Å². The molecule has 2 aromatic carbocycles. The molecule has 0 fully saturated rings. The van der Waals surface area contributed by atoms with Gasteiger partial charge in [-0.3, -0.25) is 0 Å². The summed E-state index contributed by atoms with van der Waals surface area (Å²) in [6.07, 6.45) is 3.16. The molecule has 0 unspecified atom stereocenters. The molecule has 2 aromatic rings. The van der Waals surface area contributed by atoms with E-state index in [0.717, 1.165) is 16.9 Å². The van der Waals surface area contributed by atoms with Gasteiger partial charge in [0, 0.05) is 17.7 Å². The molecule has 0 saturated carbocycles. The fourth-order valence-corrected chi connectivity index (χ4v) is 2.21. The molecule has 0 N–H and O–H groups in total. The maximum absolute atomic E-state index is 11.5. The van der Waals surface area contributed by atoms with E-state index in [0.29, 0.717) is 19.0 Å². The molecule has 0 bridgehead atoms. The van der Waals surface area contributed by atoms with Crippen LogP contribution in [0.15, 0.2) is 54.6 Å². The topological polar surface area (TPSA) is 44.8 Å². The van der Waals surface area contributed by atoms with Crippen molar-refractivity contribution in [3.05, 3.63) is 65.7 Å². The van der Waals surface area contributed by atoms with Crippen LogP contribution in [0.5, 0.6) is 11.5 Å². The van der Waals surface area contributed by atoms with E-state index in [2.05, 4.69) is 0 Å². The lowest BCUT2D eigenvalue weighted by molar-refractivity contribution is -0.137. The summed E-state index contributed by atoms with van der Waals surface area (Å²) in [5, 5.41) is 0. The molecule has 0 aliphatic rings. The van der Waals surface area contributed by atoms with E-state index in [-0.39, 0.29) is 12.1 Å². The van der Waals surface area contributed by atoms with E-state index in [1.807, 2.05) is 62.4 Å². The minimum atomic E-state index is -0.376. The molecule has 0 spiro atoms. The Balaban J connectivity index is 2.19. The van der Waals surface area contributed by atoms with Crippen LogP contribution < -0.4 is 9.47 Å². The fourth-order valence-electron chi connectivity index (χ4n) is 2.21. The van der Waals surface area contributed by atoms with Crippen molar-refractivity contribution in [3.63, 3.8) is 0 Å². The number of hydrogen-bond acceptors (Lipinski definition) is 4. The first-order valence-electron chi connectivity index (χ1n) is 8.40. The van der Waals surface area contributed by atoms with E-state index < -0.39 is 0 Å². The maximum Gasteiger partial charge on any atom is 0.330 e. The van der Waals surface area contributed by atoms with Crippen molar-refractivity contribution in [2.45, 2.75) is 33.5 Å². The second-order valence-electron chi connectivity index (χ2n) is 5.73. The average Bonchev–Trinajstić information content (AvgIpc) is 2.59. The lowest BCUT2D eigenvalue weighted by Gasteiger charge is -2.14. The SMILES string of the molecule is CCOC(=O)C=Cc1ccc(OC(C)C)cc1OCc1ccccc1. The lowest BCUT2D eigenvalue weighted by Crippen LogP contribution is -2.06. The van der Waals surface area contributed by atoms with Crippen molar-refractivity contribution < 1.29 is 19.0 Å². The highest BCUT2D eigenvalue weighted by atomic mass is 16.5. The second-order valence-corrected chi connectivity index (χ2v) is 5.73. The summed E-state index contributed by atoms with van der Waals surface area (Å²) < 4.78 is 16.6. The van der Waals surface area contributed by atoms with Crippen molar-refractivity contribution >= 4 is 12.0 Å². The van der Waals surface area contributed by atoms with E-state index in [4.69, 9.17) is 14.2 Å². The van der Waals surface area contributed by atoms with Gasteiger partial charge >= 0.3 is 5.97 Å². The van der Waals surface area contributed by atoms with Crippen molar-refractivity contribution in [3.8, 4) is 11.5 Å². The predicted molar refractivity (Wildman–Crippen MR) is 98.6 cm³/mol. The van der Waals surface area contributed by atoms with E-state index in [9.17, 15) is 4.79 Å². The van der Waals surface area contributed by atoms with Gasteiger partial charge in [-0.1, -0.05) is 30.3 Å². The van der Waals surface area contributed by atoms with Crippen molar-refractivity contribution in [1.29, 1.82) is 0 Å². The molecule has 4 nitrogen and oxygen atoms in total. The summed E-state index contributed by atoms with van der Waals surface area (Å²) in [4.78, 5) is 11.5. The number of ether oxygens (including phenoxy) is 3. The molecule has 0 amide bonds. The van der Waals surface area contributed by atoms with Gasteiger partial charge in [0.05, 0.1) is 12.7 Å². The predicted octanol–water partition coefficient (Wildman–Crippen LogP) is 4.63. The van der Waals surface area contributed by atoms with Crippen LogP contribution in [0.2, 0.25) is 0 Å².